The minimum Gasteiger partial charge on any atom is -0.497 e. The van der Waals surface area contributed by atoms with Crippen LogP contribution in [0.25, 0.3) is 11.0 Å². The minimum absolute atomic E-state index is 0.126. The summed E-state index contributed by atoms with van der Waals surface area (Å²) in [4.78, 5) is 12.3. The van der Waals surface area contributed by atoms with Gasteiger partial charge in [-0.2, -0.15) is 0 Å². The molecule has 0 saturated heterocycles. The number of esters is 1. The zero-order valence-electron chi connectivity index (χ0n) is 14.6. The topological polar surface area (TPSA) is 67.1 Å². The third-order valence-corrected chi connectivity index (χ3v) is 5.04. The van der Waals surface area contributed by atoms with Crippen molar-refractivity contribution in [3.8, 4) is 17.2 Å². The molecule has 1 aromatic heterocycles. The van der Waals surface area contributed by atoms with E-state index in [2.05, 4.69) is 15.9 Å². The zero-order valence-corrected chi connectivity index (χ0v) is 16.2. The number of methoxy groups -OCH3 is 1. The van der Waals surface area contributed by atoms with Gasteiger partial charge in [0.25, 0.3) is 0 Å². The number of fused-ring (bicyclic) bond motifs is 2. The van der Waals surface area contributed by atoms with Gasteiger partial charge in [0.2, 0.25) is 0 Å². The van der Waals surface area contributed by atoms with E-state index in [1.807, 2.05) is 24.3 Å². The van der Waals surface area contributed by atoms with Crippen molar-refractivity contribution in [3.05, 3.63) is 52.2 Å². The van der Waals surface area contributed by atoms with Gasteiger partial charge in [0.15, 0.2) is 11.5 Å². The molecule has 3 aromatic rings. The van der Waals surface area contributed by atoms with Crippen molar-refractivity contribution in [2.45, 2.75) is 13.0 Å². The fourth-order valence-electron chi connectivity index (χ4n) is 2.91. The highest BCUT2D eigenvalue weighted by molar-refractivity contribution is 9.10. The second kappa shape index (κ2) is 7.52. The summed E-state index contributed by atoms with van der Waals surface area (Å²) in [6, 6.07) is 9.15. The van der Waals surface area contributed by atoms with Crippen molar-refractivity contribution >= 4 is 32.9 Å². The maximum Gasteiger partial charge on any atom is 0.310 e. The molecule has 0 spiro atoms. The third-order valence-electron chi connectivity index (χ3n) is 4.30. The molecule has 2 aromatic carbocycles. The molecule has 27 heavy (non-hydrogen) atoms. The first-order valence-corrected chi connectivity index (χ1v) is 9.21. The molecular weight excluding hydrogens is 416 g/mol. The molecule has 140 valence electrons. The summed E-state index contributed by atoms with van der Waals surface area (Å²) in [7, 11) is 1.60. The van der Waals surface area contributed by atoms with E-state index in [1.165, 1.54) is 0 Å². The third kappa shape index (κ3) is 3.73. The van der Waals surface area contributed by atoms with Crippen LogP contribution in [0.5, 0.6) is 17.2 Å². The Hall–Kier alpha value is -2.67. The molecule has 1 aliphatic heterocycles. The van der Waals surface area contributed by atoms with E-state index in [0.29, 0.717) is 36.0 Å². The van der Waals surface area contributed by atoms with Crippen molar-refractivity contribution in [1.29, 1.82) is 0 Å². The fourth-order valence-corrected chi connectivity index (χ4v) is 3.35. The summed E-state index contributed by atoms with van der Waals surface area (Å²) in [6.07, 6.45) is 1.70. The number of furan rings is 1. The molecule has 0 N–H and O–H groups in total. The molecule has 0 atom stereocenters. The van der Waals surface area contributed by atoms with Crippen LogP contribution in [0.3, 0.4) is 0 Å². The van der Waals surface area contributed by atoms with Gasteiger partial charge < -0.3 is 23.4 Å². The van der Waals surface area contributed by atoms with Gasteiger partial charge in [0.1, 0.15) is 31.2 Å². The van der Waals surface area contributed by atoms with Crippen molar-refractivity contribution in [2.24, 2.45) is 0 Å². The zero-order chi connectivity index (χ0) is 18.8. The molecule has 1 aliphatic rings. The fraction of sp³-hybridized carbons (Fsp3) is 0.250. The van der Waals surface area contributed by atoms with E-state index in [4.69, 9.17) is 23.4 Å². The van der Waals surface area contributed by atoms with E-state index in [-0.39, 0.29) is 19.0 Å². The molecule has 4 rings (SSSR count). The lowest BCUT2D eigenvalue weighted by molar-refractivity contribution is -0.144. The number of benzene rings is 2. The second-order valence-electron chi connectivity index (χ2n) is 6.05. The largest absolute Gasteiger partial charge is 0.497 e. The van der Waals surface area contributed by atoms with Crippen LogP contribution in [0, 0.1) is 0 Å². The van der Waals surface area contributed by atoms with Crippen molar-refractivity contribution in [1.82, 2.24) is 0 Å². The van der Waals surface area contributed by atoms with E-state index >= 15 is 0 Å². The van der Waals surface area contributed by atoms with Crippen molar-refractivity contribution < 1.29 is 28.2 Å². The molecule has 6 nitrogen and oxygen atoms in total. The summed E-state index contributed by atoms with van der Waals surface area (Å²) in [6.45, 7) is 1.17. The van der Waals surface area contributed by atoms with Crippen LogP contribution in [0.1, 0.15) is 11.1 Å². The average molecular weight is 433 g/mol. The molecule has 0 unspecified atom stereocenters. The number of rotatable bonds is 5. The van der Waals surface area contributed by atoms with Crippen LogP contribution in [-0.2, 0) is 22.6 Å². The van der Waals surface area contributed by atoms with Gasteiger partial charge in [-0.1, -0.05) is 15.9 Å². The summed E-state index contributed by atoms with van der Waals surface area (Å²) in [5, 5.41) is 0.869. The van der Waals surface area contributed by atoms with Gasteiger partial charge in [-0.3, -0.25) is 4.79 Å². The molecule has 0 amide bonds. The molecular formula is C20H17BrO6. The molecule has 0 aliphatic carbocycles. The average Bonchev–Trinajstić information content (AvgIpc) is 3.08. The summed E-state index contributed by atoms with van der Waals surface area (Å²) < 4.78 is 28.0. The number of ether oxygens (including phenoxy) is 4. The van der Waals surface area contributed by atoms with Gasteiger partial charge >= 0.3 is 5.97 Å². The van der Waals surface area contributed by atoms with Crippen LogP contribution in [-0.4, -0.2) is 26.3 Å². The Balaban J connectivity index is 1.43. The predicted molar refractivity (Wildman–Crippen MR) is 101 cm³/mol. The van der Waals surface area contributed by atoms with Crippen LogP contribution in [0.2, 0.25) is 0 Å². The summed E-state index contributed by atoms with van der Waals surface area (Å²) in [5.41, 5.74) is 2.26. The van der Waals surface area contributed by atoms with Crippen molar-refractivity contribution in [2.75, 3.05) is 20.3 Å². The lowest BCUT2D eigenvalue weighted by Gasteiger charge is -2.19. The van der Waals surface area contributed by atoms with Crippen LogP contribution in [0.4, 0.5) is 0 Å². The standard InChI is InChI=1S/C20H17BrO6/c1-23-14-2-3-15-12(10-26-17(15)8-14)7-20(22)27-11-13-6-18-19(9-16(13)21)25-5-4-24-18/h2-3,6,8-10H,4-5,7,11H2,1H3. The van der Waals surface area contributed by atoms with E-state index in [9.17, 15) is 4.79 Å². The lowest BCUT2D eigenvalue weighted by Crippen LogP contribution is -2.16. The Kier molecular flexibility index (Phi) is 4.94. The van der Waals surface area contributed by atoms with Crippen molar-refractivity contribution in [3.63, 3.8) is 0 Å². The number of carbonyl (C=O) groups excluding carboxylic acids is 1. The summed E-state index contributed by atoms with van der Waals surface area (Å²) >= 11 is 3.48. The highest BCUT2D eigenvalue weighted by Gasteiger charge is 2.17. The molecule has 2 heterocycles. The lowest BCUT2D eigenvalue weighted by atomic mass is 10.1. The Morgan fingerprint density at radius 3 is 2.67 bits per heavy atom. The van der Waals surface area contributed by atoms with Gasteiger partial charge in [0.05, 0.1) is 19.8 Å². The first-order chi connectivity index (χ1) is 13.1. The van der Waals surface area contributed by atoms with E-state index in [0.717, 1.165) is 21.0 Å². The van der Waals surface area contributed by atoms with Crippen LogP contribution >= 0.6 is 15.9 Å². The molecule has 0 radical (unpaired) electrons. The first-order valence-electron chi connectivity index (χ1n) is 8.42. The van der Waals surface area contributed by atoms with Gasteiger partial charge in [-0.05, 0) is 24.3 Å². The molecule has 7 heteroatoms. The van der Waals surface area contributed by atoms with Gasteiger partial charge in [-0.15, -0.1) is 0 Å². The van der Waals surface area contributed by atoms with Gasteiger partial charge in [-0.25, -0.2) is 0 Å². The van der Waals surface area contributed by atoms with E-state index < -0.39 is 0 Å². The van der Waals surface area contributed by atoms with E-state index in [1.54, 1.807) is 19.4 Å². The predicted octanol–water partition coefficient (Wildman–Crippen LogP) is 4.26. The molecule has 0 fully saturated rings. The number of halogens is 1. The highest BCUT2D eigenvalue weighted by atomic mass is 79.9. The SMILES string of the molecule is COc1ccc2c(CC(=O)OCc3cc4c(cc3Br)OCCO4)coc2c1. The van der Waals surface area contributed by atoms with Crippen LogP contribution in [0.15, 0.2) is 45.5 Å². The van der Waals surface area contributed by atoms with Crippen LogP contribution < -0.4 is 14.2 Å². The Bertz CT molecular complexity index is 994. The number of hydrogen-bond donors (Lipinski definition) is 0. The monoisotopic (exact) mass is 432 g/mol. The Morgan fingerprint density at radius 2 is 1.89 bits per heavy atom. The maximum atomic E-state index is 12.3. The molecule has 0 saturated carbocycles. The minimum atomic E-state index is -0.338. The molecule has 0 bridgehead atoms. The highest BCUT2D eigenvalue weighted by Crippen LogP contribution is 2.36. The maximum absolute atomic E-state index is 12.3. The summed E-state index contributed by atoms with van der Waals surface area (Å²) in [5.74, 6) is 1.71. The number of carbonyl (C=O) groups is 1. The Morgan fingerprint density at radius 1 is 1.11 bits per heavy atom. The number of hydrogen-bond acceptors (Lipinski definition) is 6. The van der Waals surface area contributed by atoms with Gasteiger partial charge in [0, 0.05) is 27.1 Å². The smallest absolute Gasteiger partial charge is 0.310 e. The second-order valence-corrected chi connectivity index (χ2v) is 6.90. The quantitative estimate of drug-likeness (QED) is 0.561. The first kappa shape index (κ1) is 17.7. The Labute approximate surface area is 164 Å². The normalized spacial score (nSPS) is 12.8.